The van der Waals surface area contributed by atoms with Gasteiger partial charge in [0.1, 0.15) is 0 Å². The van der Waals surface area contributed by atoms with Gasteiger partial charge in [-0.05, 0) is 48.9 Å². The quantitative estimate of drug-likeness (QED) is 0.787. The van der Waals surface area contributed by atoms with E-state index in [4.69, 9.17) is 0 Å². The van der Waals surface area contributed by atoms with Crippen LogP contribution in [0.15, 0.2) is 48.5 Å². The van der Waals surface area contributed by atoms with Crippen LogP contribution in [0.1, 0.15) is 30.4 Å². The summed E-state index contributed by atoms with van der Waals surface area (Å²) in [4.78, 5) is 24.6. The lowest BCUT2D eigenvalue weighted by molar-refractivity contribution is -0.121. The zero-order valence-electron chi connectivity index (χ0n) is 15.9. The summed E-state index contributed by atoms with van der Waals surface area (Å²) in [5, 5.41) is 2.85. The fourth-order valence-corrected chi connectivity index (χ4v) is 5.26. The number of anilines is 2. The summed E-state index contributed by atoms with van der Waals surface area (Å²) in [5.41, 5.74) is 3.39. The Hall–Kier alpha value is -2.87. The molecule has 0 saturated heterocycles. The minimum atomic E-state index is -3.98. The predicted molar refractivity (Wildman–Crippen MR) is 111 cm³/mol. The van der Waals surface area contributed by atoms with Crippen LogP contribution in [0.25, 0.3) is 0 Å². The Balaban J connectivity index is 1.38. The summed E-state index contributed by atoms with van der Waals surface area (Å²) >= 11 is 0. The third kappa shape index (κ3) is 4.12. The van der Waals surface area contributed by atoms with Crippen LogP contribution >= 0.6 is 0 Å². The number of fused-ring (bicyclic) bond motifs is 2. The monoisotopic (exact) mass is 413 g/mol. The number of benzene rings is 2. The second kappa shape index (κ2) is 7.87. The average Bonchev–Trinajstić information content (AvgIpc) is 2.71. The molecule has 2 aromatic carbocycles. The van der Waals surface area contributed by atoms with Crippen molar-refractivity contribution >= 4 is 33.4 Å². The Bertz CT molecular complexity index is 1050. The molecule has 29 heavy (non-hydrogen) atoms. The van der Waals surface area contributed by atoms with Crippen molar-refractivity contribution < 1.29 is 18.0 Å². The average molecular weight is 413 g/mol. The van der Waals surface area contributed by atoms with Crippen molar-refractivity contribution in [1.29, 1.82) is 0 Å². The van der Waals surface area contributed by atoms with E-state index in [1.165, 1.54) is 4.31 Å². The summed E-state index contributed by atoms with van der Waals surface area (Å²) in [6, 6.07) is 14.9. The normalized spacial score (nSPS) is 18.4. The van der Waals surface area contributed by atoms with Crippen molar-refractivity contribution in [2.45, 2.75) is 32.1 Å². The van der Waals surface area contributed by atoms with Gasteiger partial charge in [-0.25, -0.2) is 4.72 Å². The Morgan fingerprint density at radius 3 is 2.66 bits per heavy atom. The smallest absolute Gasteiger partial charge is 0.326 e. The molecule has 0 saturated carbocycles. The first-order chi connectivity index (χ1) is 13.9. The number of nitrogens with one attached hydrogen (secondary N) is 2. The highest BCUT2D eigenvalue weighted by molar-refractivity contribution is 7.91. The van der Waals surface area contributed by atoms with Gasteiger partial charge in [0.05, 0.1) is 5.69 Å². The highest BCUT2D eigenvalue weighted by Gasteiger charge is 2.30. The lowest BCUT2D eigenvalue weighted by Crippen LogP contribution is -2.46. The van der Waals surface area contributed by atoms with Crippen LogP contribution in [-0.4, -0.2) is 26.8 Å². The van der Waals surface area contributed by atoms with Crippen LogP contribution in [0.2, 0.25) is 0 Å². The number of carbonyl (C=O) groups excluding carboxylic acids is 2. The number of amides is 2. The number of rotatable bonds is 5. The number of para-hydroxylation sites is 2. The maximum Gasteiger partial charge on any atom is 0.326 e. The molecule has 0 aromatic heterocycles. The van der Waals surface area contributed by atoms with Crippen LogP contribution in [0.4, 0.5) is 11.4 Å². The van der Waals surface area contributed by atoms with Crippen molar-refractivity contribution in [3.8, 4) is 0 Å². The third-order valence-electron chi connectivity index (χ3n) is 5.43. The number of nitrogens with zero attached hydrogens (tertiary/aromatic N) is 1. The summed E-state index contributed by atoms with van der Waals surface area (Å²) in [6.07, 6.45) is 2.32. The van der Waals surface area contributed by atoms with Gasteiger partial charge in [-0.3, -0.25) is 13.9 Å². The molecule has 8 heteroatoms. The molecule has 2 aromatic rings. The lowest BCUT2D eigenvalue weighted by atomic mass is 9.90. The van der Waals surface area contributed by atoms with E-state index in [1.807, 2.05) is 36.4 Å². The molecule has 2 amide bonds. The summed E-state index contributed by atoms with van der Waals surface area (Å²) in [6.45, 7) is 0.335. The van der Waals surface area contributed by atoms with Gasteiger partial charge in [0.15, 0.2) is 0 Å². The number of carbonyl (C=O) groups is 2. The molecule has 0 aliphatic carbocycles. The number of hydrogen-bond acceptors (Lipinski definition) is 4. The Morgan fingerprint density at radius 2 is 1.83 bits per heavy atom. The van der Waals surface area contributed by atoms with Crippen LogP contribution in [0, 0.1) is 5.92 Å². The molecule has 0 fully saturated rings. The Labute approximate surface area is 170 Å². The van der Waals surface area contributed by atoms with E-state index in [1.54, 1.807) is 12.1 Å². The molecular weight excluding hydrogens is 390 g/mol. The molecular formula is C21H23N3O4S. The van der Waals surface area contributed by atoms with E-state index in [0.29, 0.717) is 25.1 Å². The van der Waals surface area contributed by atoms with Crippen LogP contribution in [-0.2, 0) is 32.6 Å². The molecule has 1 atom stereocenters. The largest absolute Gasteiger partial charge is 0.326 e. The highest BCUT2D eigenvalue weighted by Crippen LogP contribution is 2.29. The van der Waals surface area contributed by atoms with Gasteiger partial charge in [0.2, 0.25) is 11.8 Å². The standard InChI is InChI=1S/C21H23N3O4S/c25-20(12-11-17-14-16-7-1-3-9-18(16)22-21(17)26)23-29(27,28)24-13-5-8-15-6-2-4-10-19(15)24/h1-4,6-7,9-10,17H,5,8,11-14H2,(H,22,26)(H,23,25)/t17-/m0/s1. The maximum absolute atomic E-state index is 12.8. The molecule has 7 nitrogen and oxygen atoms in total. The Morgan fingerprint density at radius 1 is 1.10 bits per heavy atom. The molecule has 2 heterocycles. The van der Waals surface area contributed by atoms with Gasteiger partial charge in [-0.2, -0.15) is 8.42 Å². The minimum absolute atomic E-state index is 0.0328. The maximum atomic E-state index is 12.8. The van der Waals surface area contributed by atoms with Crippen molar-refractivity contribution in [3.63, 3.8) is 0 Å². The van der Waals surface area contributed by atoms with E-state index in [2.05, 4.69) is 10.0 Å². The van der Waals surface area contributed by atoms with Crippen molar-refractivity contribution in [2.24, 2.45) is 5.92 Å². The first-order valence-corrected chi connectivity index (χ1v) is 11.2. The van der Waals surface area contributed by atoms with E-state index < -0.39 is 16.1 Å². The Kier molecular flexibility index (Phi) is 5.27. The van der Waals surface area contributed by atoms with Gasteiger partial charge in [-0.15, -0.1) is 0 Å². The van der Waals surface area contributed by atoms with Crippen molar-refractivity contribution in [3.05, 3.63) is 59.7 Å². The molecule has 0 bridgehead atoms. The van der Waals surface area contributed by atoms with E-state index in [0.717, 1.165) is 23.2 Å². The molecule has 152 valence electrons. The van der Waals surface area contributed by atoms with E-state index >= 15 is 0 Å². The molecule has 2 N–H and O–H groups in total. The first kappa shape index (κ1) is 19.4. The van der Waals surface area contributed by atoms with Gasteiger partial charge < -0.3 is 5.32 Å². The SMILES string of the molecule is O=C(CC[C@H]1Cc2ccccc2NC1=O)NS(=O)(=O)N1CCCc2ccccc21. The fraction of sp³-hybridized carbons (Fsp3) is 0.333. The molecule has 0 unspecified atom stereocenters. The zero-order chi connectivity index (χ0) is 20.4. The summed E-state index contributed by atoms with van der Waals surface area (Å²) in [7, 11) is -3.98. The highest BCUT2D eigenvalue weighted by atomic mass is 32.2. The van der Waals surface area contributed by atoms with Gasteiger partial charge >= 0.3 is 10.2 Å². The number of aryl methyl sites for hydroxylation is 1. The van der Waals surface area contributed by atoms with Crippen molar-refractivity contribution in [2.75, 3.05) is 16.2 Å². The zero-order valence-corrected chi connectivity index (χ0v) is 16.7. The van der Waals surface area contributed by atoms with Gasteiger partial charge in [-0.1, -0.05) is 36.4 Å². The lowest BCUT2D eigenvalue weighted by Gasteiger charge is -2.30. The summed E-state index contributed by atoms with van der Waals surface area (Å²) < 4.78 is 28.9. The van der Waals surface area contributed by atoms with Crippen LogP contribution < -0.4 is 14.3 Å². The molecule has 0 spiro atoms. The molecule has 0 radical (unpaired) electrons. The van der Waals surface area contributed by atoms with Gasteiger partial charge in [0, 0.05) is 24.6 Å². The molecule has 2 aliphatic heterocycles. The van der Waals surface area contributed by atoms with Crippen LogP contribution in [0.5, 0.6) is 0 Å². The second-order valence-electron chi connectivity index (χ2n) is 7.42. The molecule has 4 rings (SSSR count). The van der Waals surface area contributed by atoms with Crippen molar-refractivity contribution in [1.82, 2.24) is 4.72 Å². The topological polar surface area (TPSA) is 95.6 Å². The van der Waals surface area contributed by atoms with E-state index in [-0.39, 0.29) is 24.7 Å². The predicted octanol–water partition coefficient (Wildman–Crippen LogP) is 2.39. The first-order valence-electron chi connectivity index (χ1n) is 9.74. The fourth-order valence-electron chi connectivity index (χ4n) is 3.95. The number of hydrogen-bond donors (Lipinski definition) is 2. The summed E-state index contributed by atoms with van der Waals surface area (Å²) in [5.74, 6) is -1.09. The van der Waals surface area contributed by atoms with Crippen LogP contribution in [0.3, 0.4) is 0 Å². The van der Waals surface area contributed by atoms with E-state index in [9.17, 15) is 18.0 Å². The molecule has 2 aliphatic rings. The second-order valence-corrected chi connectivity index (χ2v) is 9.02. The minimum Gasteiger partial charge on any atom is -0.326 e. The van der Waals surface area contributed by atoms with Gasteiger partial charge in [0.25, 0.3) is 0 Å². The third-order valence-corrected chi connectivity index (χ3v) is 6.88.